The van der Waals surface area contributed by atoms with Crippen molar-refractivity contribution in [3.63, 3.8) is 0 Å². The maximum Gasteiger partial charge on any atom is 0.248 e. The Morgan fingerprint density at radius 1 is 1.04 bits per heavy atom. The molecule has 3 rings (SSSR count). The second-order valence-electron chi connectivity index (χ2n) is 6.98. The Kier molecular flexibility index (Phi) is 4.74. The van der Waals surface area contributed by atoms with E-state index >= 15 is 0 Å². The summed E-state index contributed by atoms with van der Waals surface area (Å²) in [5, 5.41) is 3.00. The molecule has 2 aliphatic rings. The van der Waals surface area contributed by atoms with E-state index in [1.807, 2.05) is 17.0 Å². The van der Waals surface area contributed by atoms with Gasteiger partial charge in [-0.3, -0.25) is 9.59 Å². The molecule has 0 spiro atoms. The lowest BCUT2D eigenvalue weighted by molar-refractivity contribution is -0.144. The Bertz CT molecular complexity index is 539. The third-order valence-corrected chi connectivity index (χ3v) is 5.33. The van der Waals surface area contributed by atoms with Gasteiger partial charge in [0.25, 0.3) is 0 Å². The van der Waals surface area contributed by atoms with Gasteiger partial charge in [-0.15, -0.1) is 0 Å². The van der Waals surface area contributed by atoms with Crippen LogP contribution >= 0.6 is 0 Å². The first-order chi connectivity index (χ1) is 11.1. The molecule has 0 radical (unpaired) electrons. The Morgan fingerprint density at radius 3 is 2.22 bits per heavy atom. The number of hydrogen-bond acceptors (Lipinski definition) is 2. The largest absolute Gasteiger partial charge is 0.351 e. The zero-order valence-electron chi connectivity index (χ0n) is 14.0. The smallest absolute Gasteiger partial charge is 0.248 e. The molecular formula is C18H27N3O2. The summed E-state index contributed by atoms with van der Waals surface area (Å²) in [6, 6.07) is 4.58. The van der Waals surface area contributed by atoms with Gasteiger partial charge in [0.2, 0.25) is 11.8 Å². The van der Waals surface area contributed by atoms with Crippen LogP contribution in [0.3, 0.4) is 0 Å². The van der Waals surface area contributed by atoms with Gasteiger partial charge in [0, 0.05) is 38.4 Å². The molecule has 126 valence electrons. The molecule has 0 aromatic carbocycles. The van der Waals surface area contributed by atoms with Gasteiger partial charge in [-0.05, 0) is 37.8 Å². The molecular weight excluding hydrogens is 290 g/mol. The minimum atomic E-state index is -0.648. The monoisotopic (exact) mass is 317 g/mol. The maximum atomic E-state index is 13.1. The van der Waals surface area contributed by atoms with Gasteiger partial charge >= 0.3 is 0 Å². The molecule has 1 aromatic rings. The summed E-state index contributed by atoms with van der Waals surface area (Å²) in [7, 11) is 0. The van der Waals surface area contributed by atoms with Gasteiger partial charge in [0.15, 0.2) is 0 Å². The molecule has 0 unspecified atom stereocenters. The van der Waals surface area contributed by atoms with E-state index < -0.39 is 5.54 Å². The Balaban J connectivity index is 1.66. The van der Waals surface area contributed by atoms with Crippen LogP contribution in [0, 0.1) is 0 Å². The maximum absolute atomic E-state index is 13.1. The molecule has 1 N–H and O–H groups in total. The average molecular weight is 317 g/mol. The minimum Gasteiger partial charge on any atom is -0.351 e. The summed E-state index contributed by atoms with van der Waals surface area (Å²) in [4.78, 5) is 26.7. The number of carbonyl (C=O) groups is 2. The highest BCUT2D eigenvalue weighted by atomic mass is 16.2. The van der Waals surface area contributed by atoms with Crippen LogP contribution in [0.5, 0.6) is 0 Å². The van der Waals surface area contributed by atoms with Crippen molar-refractivity contribution in [1.29, 1.82) is 0 Å². The molecule has 5 heteroatoms. The number of aromatic nitrogens is 1. The molecule has 2 heterocycles. The van der Waals surface area contributed by atoms with Crippen LogP contribution < -0.4 is 5.32 Å². The molecule has 1 aliphatic carbocycles. The number of hydrogen-bond donors (Lipinski definition) is 1. The van der Waals surface area contributed by atoms with Crippen LogP contribution in [-0.2, 0) is 9.59 Å². The van der Waals surface area contributed by atoms with Crippen molar-refractivity contribution < 1.29 is 9.59 Å². The minimum absolute atomic E-state index is 0.0949. The van der Waals surface area contributed by atoms with Crippen LogP contribution in [0.25, 0.3) is 0 Å². The van der Waals surface area contributed by atoms with Crippen LogP contribution in [0.1, 0.15) is 57.9 Å². The third-order valence-electron chi connectivity index (χ3n) is 5.33. The zero-order valence-corrected chi connectivity index (χ0v) is 14.0. The molecule has 23 heavy (non-hydrogen) atoms. The number of nitrogens with one attached hydrogen (secondary N) is 1. The van der Waals surface area contributed by atoms with Crippen molar-refractivity contribution in [3.05, 3.63) is 24.5 Å². The fourth-order valence-electron chi connectivity index (χ4n) is 4.15. The van der Waals surface area contributed by atoms with Crippen LogP contribution in [0.15, 0.2) is 24.5 Å². The van der Waals surface area contributed by atoms with Crippen LogP contribution in [0.4, 0.5) is 0 Å². The average Bonchev–Trinajstić information content (AvgIpc) is 3.09. The molecule has 2 fully saturated rings. The summed E-state index contributed by atoms with van der Waals surface area (Å²) >= 11 is 0. The van der Waals surface area contributed by atoms with Gasteiger partial charge in [0.1, 0.15) is 5.54 Å². The SMILES string of the molecule is CC(=O)NC1(C(=O)N2CCC(n3cccc3)CC2)CCCCC1. The summed E-state index contributed by atoms with van der Waals surface area (Å²) in [6.07, 6.45) is 10.9. The first-order valence-electron chi connectivity index (χ1n) is 8.81. The first-order valence-corrected chi connectivity index (χ1v) is 8.81. The predicted octanol–water partition coefficient (Wildman–Crippen LogP) is 2.49. The van der Waals surface area contributed by atoms with Crippen molar-refractivity contribution in [2.75, 3.05) is 13.1 Å². The van der Waals surface area contributed by atoms with E-state index in [0.717, 1.165) is 58.0 Å². The molecule has 2 amide bonds. The van der Waals surface area contributed by atoms with Gasteiger partial charge in [0.05, 0.1) is 0 Å². The van der Waals surface area contributed by atoms with E-state index in [1.54, 1.807) is 0 Å². The number of likely N-dealkylation sites (tertiary alicyclic amines) is 1. The summed E-state index contributed by atoms with van der Waals surface area (Å²) < 4.78 is 2.24. The quantitative estimate of drug-likeness (QED) is 0.931. The van der Waals surface area contributed by atoms with Crippen LogP contribution in [-0.4, -0.2) is 39.9 Å². The molecule has 1 aromatic heterocycles. The van der Waals surface area contributed by atoms with E-state index in [4.69, 9.17) is 0 Å². The third kappa shape index (κ3) is 3.43. The van der Waals surface area contributed by atoms with Crippen molar-refractivity contribution in [2.24, 2.45) is 0 Å². The van der Waals surface area contributed by atoms with E-state index in [1.165, 1.54) is 6.92 Å². The summed E-state index contributed by atoms with van der Waals surface area (Å²) in [5.41, 5.74) is -0.648. The molecule has 1 saturated carbocycles. The summed E-state index contributed by atoms with van der Waals surface area (Å²) in [6.45, 7) is 3.08. The fourth-order valence-corrected chi connectivity index (χ4v) is 4.15. The lowest BCUT2D eigenvalue weighted by atomic mass is 9.80. The zero-order chi connectivity index (χ0) is 16.3. The number of piperidine rings is 1. The van der Waals surface area contributed by atoms with Gasteiger partial charge in [-0.1, -0.05) is 19.3 Å². The fraction of sp³-hybridized carbons (Fsp3) is 0.667. The Labute approximate surface area is 138 Å². The van der Waals surface area contributed by atoms with Crippen molar-refractivity contribution in [1.82, 2.24) is 14.8 Å². The van der Waals surface area contributed by atoms with Crippen LogP contribution in [0.2, 0.25) is 0 Å². The highest BCUT2D eigenvalue weighted by Gasteiger charge is 2.43. The second-order valence-corrected chi connectivity index (χ2v) is 6.98. The Hall–Kier alpha value is -1.78. The lowest BCUT2D eigenvalue weighted by Crippen LogP contribution is -2.61. The highest BCUT2D eigenvalue weighted by molar-refractivity contribution is 5.91. The van der Waals surface area contributed by atoms with Crippen molar-refractivity contribution >= 4 is 11.8 Å². The number of carbonyl (C=O) groups excluding carboxylic acids is 2. The number of nitrogens with zero attached hydrogens (tertiary/aromatic N) is 2. The molecule has 0 atom stereocenters. The standard InChI is InChI=1S/C18H27N3O2/c1-15(22)19-18(9-3-2-4-10-18)17(23)21-13-7-16(8-14-21)20-11-5-6-12-20/h5-6,11-12,16H,2-4,7-10,13-14H2,1H3,(H,19,22). The van der Waals surface area contributed by atoms with Crippen molar-refractivity contribution in [3.8, 4) is 0 Å². The number of rotatable bonds is 3. The normalized spacial score (nSPS) is 21.9. The second kappa shape index (κ2) is 6.77. The first kappa shape index (κ1) is 16.1. The lowest BCUT2D eigenvalue weighted by Gasteiger charge is -2.42. The predicted molar refractivity (Wildman–Crippen MR) is 88.9 cm³/mol. The van der Waals surface area contributed by atoms with E-state index in [9.17, 15) is 9.59 Å². The molecule has 1 aliphatic heterocycles. The van der Waals surface area contributed by atoms with Gasteiger partial charge < -0.3 is 14.8 Å². The topological polar surface area (TPSA) is 54.3 Å². The summed E-state index contributed by atoms with van der Waals surface area (Å²) in [5.74, 6) is 0.0424. The van der Waals surface area contributed by atoms with Crippen molar-refractivity contribution in [2.45, 2.75) is 63.5 Å². The van der Waals surface area contributed by atoms with Gasteiger partial charge in [-0.2, -0.15) is 0 Å². The van der Waals surface area contributed by atoms with E-state index in [-0.39, 0.29) is 11.8 Å². The number of amides is 2. The van der Waals surface area contributed by atoms with E-state index in [2.05, 4.69) is 22.3 Å². The molecule has 0 bridgehead atoms. The van der Waals surface area contributed by atoms with E-state index in [0.29, 0.717) is 6.04 Å². The highest BCUT2D eigenvalue weighted by Crippen LogP contribution is 2.32. The van der Waals surface area contributed by atoms with Gasteiger partial charge in [-0.25, -0.2) is 0 Å². The molecule has 5 nitrogen and oxygen atoms in total. The Morgan fingerprint density at radius 2 is 1.65 bits per heavy atom. The molecule has 1 saturated heterocycles.